The lowest BCUT2D eigenvalue weighted by atomic mass is 10.2. The third-order valence-electron chi connectivity index (χ3n) is 4.50. The van der Waals surface area contributed by atoms with Crippen LogP contribution in [-0.2, 0) is 20.3 Å². The molecule has 2 aromatic heterocycles. The first-order valence-electron chi connectivity index (χ1n) is 7.98. The first-order valence-corrected chi connectivity index (χ1v) is 7.98. The van der Waals surface area contributed by atoms with Crippen LogP contribution in [0.3, 0.4) is 0 Å². The van der Waals surface area contributed by atoms with Crippen LogP contribution in [0.4, 0.5) is 24.8 Å². The summed E-state index contributed by atoms with van der Waals surface area (Å²) >= 11 is 0. The van der Waals surface area contributed by atoms with Crippen molar-refractivity contribution in [3.63, 3.8) is 0 Å². The topological polar surface area (TPSA) is 63.4 Å². The summed E-state index contributed by atoms with van der Waals surface area (Å²) in [5.74, 6) is 0.994. The molecule has 0 spiro atoms. The molecule has 2 aromatic rings. The highest BCUT2D eigenvalue weighted by atomic mass is 19.4. The number of halogens is 3. The SMILES string of the molecule is Cn1c(N2CCN(c3ccc(C(F)(F)F)cn3)CC2)cc(=O)n(C)c1=O. The molecule has 0 unspecified atom stereocenters. The highest BCUT2D eigenvalue weighted by molar-refractivity contribution is 5.45. The Hall–Kier alpha value is -2.78. The van der Waals surface area contributed by atoms with E-state index in [-0.39, 0.29) is 5.56 Å². The van der Waals surface area contributed by atoms with Gasteiger partial charge in [-0.25, -0.2) is 9.78 Å². The third-order valence-corrected chi connectivity index (χ3v) is 4.50. The number of hydrogen-bond donors (Lipinski definition) is 0. The van der Waals surface area contributed by atoms with Crippen molar-refractivity contribution in [2.75, 3.05) is 36.0 Å². The minimum Gasteiger partial charge on any atom is -0.354 e. The van der Waals surface area contributed by atoms with Crippen molar-refractivity contribution >= 4 is 11.6 Å². The van der Waals surface area contributed by atoms with Crippen molar-refractivity contribution < 1.29 is 13.2 Å². The Morgan fingerprint density at radius 2 is 1.58 bits per heavy atom. The van der Waals surface area contributed by atoms with Crippen molar-refractivity contribution in [2.24, 2.45) is 14.1 Å². The fourth-order valence-corrected chi connectivity index (χ4v) is 2.93. The van der Waals surface area contributed by atoms with Gasteiger partial charge in [-0.1, -0.05) is 0 Å². The zero-order chi connectivity index (χ0) is 19.1. The predicted octanol–water partition coefficient (Wildman–Crippen LogP) is 0.824. The Bertz CT molecular complexity index is 909. The first-order chi connectivity index (χ1) is 12.2. The van der Waals surface area contributed by atoms with Crippen LogP contribution in [0.15, 0.2) is 34.0 Å². The Labute approximate surface area is 146 Å². The maximum Gasteiger partial charge on any atom is 0.417 e. The molecule has 140 valence electrons. The van der Waals surface area contributed by atoms with Crippen molar-refractivity contribution in [1.82, 2.24) is 14.1 Å². The van der Waals surface area contributed by atoms with Crippen LogP contribution in [0.2, 0.25) is 0 Å². The second-order valence-corrected chi connectivity index (χ2v) is 6.12. The van der Waals surface area contributed by atoms with Gasteiger partial charge in [0.15, 0.2) is 0 Å². The van der Waals surface area contributed by atoms with E-state index in [4.69, 9.17) is 0 Å². The molecule has 1 saturated heterocycles. The van der Waals surface area contributed by atoms with E-state index >= 15 is 0 Å². The summed E-state index contributed by atoms with van der Waals surface area (Å²) in [6.07, 6.45) is -3.58. The summed E-state index contributed by atoms with van der Waals surface area (Å²) in [4.78, 5) is 31.6. The van der Waals surface area contributed by atoms with Gasteiger partial charge in [0.25, 0.3) is 5.56 Å². The van der Waals surface area contributed by atoms with Crippen LogP contribution < -0.4 is 21.0 Å². The zero-order valence-corrected chi connectivity index (χ0v) is 14.3. The van der Waals surface area contributed by atoms with Gasteiger partial charge in [0.1, 0.15) is 11.6 Å². The average molecular weight is 369 g/mol. The molecule has 10 heteroatoms. The van der Waals surface area contributed by atoms with E-state index < -0.39 is 17.4 Å². The molecule has 1 fully saturated rings. The van der Waals surface area contributed by atoms with Crippen LogP contribution in [-0.4, -0.2) is 40.3 Å². The first kappa shape index (κ1) is 18.0. The molecule has 7 nitrogen and oxygen atoms in total. The fraction of sp³-hybridized carbons (Fsp3) is 0.438. The number of piperazine rings is 1. The molecular weight excluding hydrogens is 351 g/mol. The van der Waals surface area contributed by atoms with Gasteiger partial charge in [0.2, 0.25) is 0 Å². The molecular formula is C16H18F3N5O2. The number of pyridine rings is 1. The second kappa shape index (κ2) is 6.50. The van der Waals surface area contributed by atoms with E-state index in [0.29, 0.717) is 37.8 Å². The van der Waals surface area contributed by atoms with Crippen molar-refractivity contribution in [3.8, 4) is 0 Å². The highest BCUT2D eigenvalue weighted by Gasteiger charge is 2.31. The average Bonchev–Trinajstić information content (AvgIpc) is 2.62. The van der Waals surface area contributed by atoms with Gasteiger partial charge in [-0.15, -0.1) is 0 Å². The number of hydrogen-bond acceptors (Lipinski definition) is 5. The summed E-state index contributed by atoms with van der Waals surface area (Å²) in [6, 6.07) is 3.78. The predicted molar refractivity (Wildman–Crippen MR) is 90.6 cm³/mol. The molecule has 0 N–H and O–H groups in total. The molecule has 26 heavy (non-hydrogen) atoms. The molecule has 0 atom stereocenters. The summed E-state index contributed by atoms with van der Waals surface area (Å²) in [7, 11) is 3.02. The fourth-order valence-electron chi connectivity index (χ4n) is 2.93. The lowest BCUT2D eigenvalue weighted by molar-refractivity contribution is -0.137. The summed E-state index contributed by atoms with van der Waals surface area (Å²) in [6.45, 7) is 2.07. The molecule has 0 bridgehead atoms. The standard InChI is InChI=1S/C16H18F3N5O2/c1-21-13(9-14(25)22(2)15(21)26)24-7-5-23(6-8-24)12-4-3-11(10-20-12)16(17,18)19/h3-4,9-10H,5-8H2,1-2H3. The number of rotatable bonds is 2. The lowest BCUT2D eigenvalue weighted by Crippen LogP contribution is -2.49. The van der Waals surface area contributed by atoms with Gasteiger partial charge in [-0.05, 0) is 12.1 Å². The number of nitrogens with zero attached hydrogens (tertiary/aromatic N) is 5. The van der Waals surface area contributed by atoms with Crippen molar-refractivity contribution in [1.29, 1.82) is 0 Å². The summed E-state index contributed by atoms with van der Waals surface area (Å²) < 4.78 is 40.3. The monoisotopic (exact) mass is 369 g/mol. The Kier molecular flexibility index (Phi) is 4.51. The summed E-state index contributed by atoms with van der Waals surface area (Å²) in [5, 5.41) is 0. The molecule has 3 heterocycles. The molecule has 1 aliphatic rings. The Morgan fingerprint density at radius 3 is 2.12 bits per heavy atom. The van der Waals surface area contributed by atoms with Crippen molar-refractivity contribution in [3.05, 3.63) is 50.8 Å². The van der Waals surface area contributed by atoms with E-state index in [1.807, 2.05) is 9.80 Å². The maximum atomic E-state index is 12.6. The Balaban J connectivity index is 1.74. The largest absolute Gasteiger partial charge is 0.417 e. The van der Waals surface area contributed by atoms with E-state index in [1.54, 1.807) is 7.05 Å². The minimum atomic E-state index is -4.41. The normalized spacial score (nSPS) is 15.4. The van der Waals surface area contributed by atoms with Crippen LogP contribution in [0.25, 0.3) is 0 Å². The quantitative estimate of drug-likeness (QED) is 0.785. The number of alkyl halides is 3. The highest BCUT2D eigenvalue weighted by Crippen LogP contribution is 2.29. The van der Waals surface area contributed by atoms with Gasteiger partial charge >= 0.3 is 11.9 Å². The molecule has 1 aliphatic heterocycles. The lowest BCUT2D eigenvalue weighted by Gasteiger charge is -2.37. The van der Waals surface area contributed by atoms with Gasteiger partial charge in [-0.2, -0.15) is 13.2 Å². The van der Waals surface area contributed by atoms with Gasteiger partial charge in [0, 0.05) is 52.5 Å². The molecule has 3 rings (SSSR count). The number of anilines is 2. The van der Waals surface area contributed by atoms with Gasteiger partial charge < -0.3 is 9.80 Å². The van der Waals surface area contributed by atoms with Crippen LogP contribution in [0, 0.1) is 0 Å². The van der Waals surface area contributed by atoms with Gasteiger partial charge in [0.05, 0.1) is 5.56 Å². The Morgan fingerprint density at radius 1 is 0.962 bits per heavy atom. The molecule has 0 radical (unpaired) electrons. The van der Waals surface area contributed by atoms with Crippen molar-refractivity contribution in [2.45, 2.75) is 6.18 Å². The molecule has 0 aromatic carbocycles. The molecule has 0 aliphatic carbocycles. The van der Waals surface area contributed by atoms with E-state index in [2.05, 4.69) is 4.98 Å². The van der Waals surface area contributed by atoms with Crippen LogP contribution >= 0.6 is 0 Å². The van der Waals surface area contributed by atoms with Crippen LogP contribution in [0.1, 0.15) is 5.56 Å². The smallest absolute Gasteiger partial charge is 0.354 e. The van der Waals surface area contributed by atoms with E-state index in [0.717, 1.165) is 16.8 Å². The second-order valence-electron chi connectivity index (χ2n) is 6.12. The number of aromatic nitrogens is 3. The minimum absolute atomic E-state index is 0.380. The van der Waals surface area contributed by atoms with E-state index in [1.165, 1.54) is 23.7 Å². The zero-order valence-electron chi connectivity index (χ0n) is 14.3. The maximum absolute atomic E-state index is 12.6. The van der Waals surface area contributed by atoms with Gasteiger partial charge in [-0.3, -0.25) is 13.9 Å². The van der Waals surface area contributed by atoms with Crippen LogP contribution in [0.5, 0.6) is 0 Å². The van der Waals surface area contributed by atoms with E-state index in [9.17, 15) is 22.8 Å². The third kappa shape index (κ3) is 3.31. The molecule has 0 saturated carbocycles. The summed E-state index contributed by atoms with van der Waals surface area (Å²) in [5.41, 5.74) is -1.57. The molecule has 0 amide bonds.